The van der Waals surface area contributed by atoms with Crippen LogP contribution < -0.4 is 0 Å². The molecule has 1 saturated carbocycles. The first kappa shape index (κ1) is 14.4. The highest BCUT2D eigenvalue weighted by Crippen LogP contribution is 2.30. The lowest BCUT2D eigenvalue weighted by molar-refractivity contribution is -0.140. The first-order valence-electron chi connectivity index (χ1n) is 6.80. The van der Waals surface area contributed by atoms with Crippen LogP contribution in [0.25, 0.3) is 6.08 Å². The first-order chi connectivity index (χ1) is 9.61. The summed E-state index contributed by atoms with van der Waals surface area (Å²) < 4.78 is 17.8. The van der Waals surface area contributed by atoms with Gasteiger partial charge in [0.15, 0.2) is 5.78 Å². The zero-order valence-corrected chi connectivity index (χ0v) is 11.4. The van der Waals surface area contributed by atoms with Crippen LogP contribution in [0.4, 0.5) is 4.39 Å². The Balaban J connectivity index is 2.27. The monoisotopic (exact) mass is 276 g/mol. The summed E-state index contributed by atoms with van der Waals surface area (Å²) in [5, 5.41) is 0. The molecule has 1 aromatic carbocycles. The molecule has 3 nitrogen and oxygen atoms in total. The second kappa shape index (κ2) is 6.46. The Morgan fingerprint density at radius 1 is 1.30 bits per heavy atom. The third kappa shape index (κ3) is 3.32. The molecular formula is C16H17FO3. The second-order valence-electron chi connectivity index (χ2n) is 4.82. The van der Waals surface area contributed by atoms with Crippen LogP contribution in [0.5, 0.6) is 0 Å². The van der Waals surface area contributed by atoms with Crippen molar-refractivity contribution in [1.29, 1.82) is 0 Å². The summed E-state index contributed by atoms with van der Waals surface area (Å²) in [4.78, 5) is 24.2. The third-order valence-corrected chi connectivity index (χ3v) is 3.42. The van der Waals surface area contributed by atoms with E-state index in [2.05, 4.69) is 0 Å². The van der Waals surface area contributed by atoms with E-state index in [1.165, 1.54) is 30.3 Å². The van der Waals surface area contributed by atoms with Gasteiger partial charge < -0.3 is 4.74 Å². The van der Waals surface area contributed by atoms with Gasteiger partial charge in [-0.2, -0.15) is 0 Å². The van der Waals surface area contributed by atoms with Gasteiger partial charge in [-0.05, 0) is 43.5 Å². The molecule has 0 heterocycles. The van der Waals surface area contributed by atoms with E-state index in [4.69, 9.17) is 4.74 Å². The molecule has 0 spiro atoms. The molecule has 0 amide bonds. The zero-order valence-electron chi connectivity index (χ0n) is 11.4. The minimum absolute atomic E-state index is 0.0585. The van der Waals surface area contributed by atoms with Crippen molar-refractivity contribution in [2.45, 2.75) is 26.2 Å². The fraction of sp³-hybridized carbons (Fsp3) is 0.375. The summed E-state index contributed by atoms with van der Waals surface area (Å²) in [6, 6.07) is 5.65. The number of esters is 1. The van der Waals surface area contributed by atoms with Gasteiger partial charge in [-0.3, -0.25) is 4.79 Å². The Morgan fingerprint density at radius 2 is 1.95 bits per heavy atom. The van der Waals surface area contributed by atoms with Gasteiger partial charge in [-0.25, -0.2) is 9.18 Å². The van der Waals surface area contributed by atoms with Gasteiger partial charge in [0.05, 0.1) is 6.61 Å². The van der Waals surface area contributed by atoms with Gasteiger partial charge >= 0.3 is 5.97 Å². The molecule has 0 radical (unpaired) electrons. The highest BCUT2D eigenvalue weighted by Gasteiger charge is 2.31. The normalized spacial score (nSPS) is 15.6. The van der Waals surface area contributed by atoms with Crippen molar-refractivity contribution in [3.8, 4) is 0 Å². The lowest BCUT2D eigenvalue weighted by Crippen LogP contribution is -2.27. The van der Waals surface area contributed by atoms with Gasteiger partial charge in [0.2, 0.25) is 0 Å². The van der Waals surface area contributed by atoms with Gasteiger partial charge in [-0.1, -0.05) is 18.6 Å². The highest BCUT2D eigenvalue weighted by atomic mass is 19.1. The quantitative estimate of drug-likeness (QED) is 0.359. The van der Waals surface area contributed by atoms with Crippen LogP contribution in [0, 0.1) is 11.7 Å². The maximum absolute atomic E-state index is 12.9. The Bertz CT molecular complexity index is 527. The summed E-state index contributed by atoms with van der Waals surface area (Å²) in [5.41, 5.74) is 0.672. The van der Waals surface area contributed by atoms with Crippen molar-refractivity contribution in [1.82, 2.24) is 0 Å². The maximum Gasteiger partial charge on any atom is 0.341 e. The number of hydrogen-bond donors (Lipinski definition) is 0. The van der Waals surface area contributed by atoms with E-state index in [1.54, 1.807) is 6.92 Å². The minimum Gasteiger partial charge on any atom is -0.462 e. The lowest BCUT2D eigenvalue weighted by atomic mass is 9.79. The van der Waals surface area contributed by atoms with E-state index in [9.17, 15) is 14.0 Å². The van der Waals surface area contributed by atoms with Gasteiger partial charge in [0, 0.05) is 5.92 Å². The molecule has 1 aliphatic rings. The van der Waals surface area contributed by atoms with Crippen LogP contribution in [0.2, 0.25) is 0 Å². The Morgan fingerprint density at radius 3 is 2.45 bits per heavy atom. The lowest BCUT2D eigenvalue weighted by Gasteiger charge is -2.24. The summed E-state index contributed by atoms with van der Waals surface area (Å²) in [5.74, 6) is -1.20. The molecule has 0 aromatic heterocycles. The number of hydrogen-bond acceptors (Lipinski definition) is 3. The molecule has 0 aliphatic heterocycles. The van der Waals surface area contributed by atoms with E-state index < -0.39 is 5.97 Å². The number of ether oxygens (including phenoxy) is 1. The molecule has 1 aromatic rings. The molecule has 0 atom stereocenters. The van der Waals surface area contributed by atoms with Crippen molar-refractivity contribution >= 4 is 17.8 Å². The number of rotatable bonds is 5. The zero-order chi connectivity index (χ0) is 14.5. The van der Waals surface area contributed by atoms with E-state index in [1.807, 2.05) is 0 Å². The van der Waals surface area contributed by atoms with Crippen LogP contribution in [0.1, 0.15) is 31.7 Å². The van der Waals surface area contributed by atoms with Crippen molar-refractivity contribution in [2.24, 2.45) is 5.92 Å². The molecule has 0 bridgehead atoms. The van der Waals surface area contributed by atoms with Crippen molar-refractivity contribution in [3.05, 3.63) is 41.2 Å². The second-order valence-corrected chi connectivity index (χ2v) is 4.82. The molecule has 1 aliphatic carbocycles. The highest BCUT2D eigenvalue weighted by molar-refractivity contribution is 6.21. The molecule has 20 heavy (non-hydrogen) atoms. The maximum atomic E-state index is 12.9. The Labute approximate surface area is 117 Å². The van der Waals surface area contributed by atoms with Crippen LogP contribution in [-0.2, 0) is 14.3 Å². The van der Waals surface area contributed by atoms with Crippen molar-refractivity contribution < 1.29 is 18.7 Å². The number of halogens is 1. The van der Waals surface area contributed by atoms with Gasteiger partial charge in [-0.15, -0.1) is 0 Å². The van der Waals surface area contributed by atoms with E-state index in [0.29, 0.717) is 5.56 Å². The van der Waals surface area contributed by atoms with E-state index >= 15 is 0 Å². The largest absolute Gasteiger partial charge is 0.462 e. The fourth-order valence-corrected chi connectivity index (χ4v) is 2.06. The van der Waals surface area contributed by atoms with Crippen molar-refractivity contribution in [3.63, 3.8) is 0 Å². The fourth-order valence-electron chi connectivity index (χ4n) is 2.06. The summed E-state index contributed by atoms with van der Waals surface area (Å²) in [7, 11) is 0. The first-order valence-corrected chi connectivity index (χ1v) is 6.80. The predicted octanol–water partition coefficient (Wildman–Crippen LogP) is 3.14. The molecule has 2 rings (SSSR count). The third-order valence-electron chi connectivity index (χ3n) is 3.42. The number of benzene rings is 1. The van der Waals surface area contributed by atoms with Crippen LogP contribution in [-0.4, -0.2) is 18.4 Å². The molecule has 0 saturated heterocycles. The smallest absolute Gasteiger partial charge is 0.341 e. The van der Waals surface area contributed by atoms with Gasteiger partial charge in [0.25, 0.3) is 0 Å². The Hall–Kier alpha value is -1.97. The molecular weight excluding hydrogens is 259 g/mol. The van der Waals surface area contributed by atoms with Crippen LogP contribution in [0.15, 0.2) is 29.8 Å². The molecule has 0 N–H and O–H groups in total. The minimum atomic E-state index is -0.603. The number of carbonyl (C=O) groups is 2. The summed E-state index contributed by atoms with van der Waals surface area (Å²) in [6.07, 6.45) is 4.14. The van der Waals surface area contributed by atoms with Gasteiger partial charge in [0.1, 0.15) is 11.4 Å². The number of carbonyl (C=O) groups excluding carboxylic acids is 2. The topological polar surface area (TPSA) is 43.4 Å². The van der Waals surface area contributed by atoms with E-state index in [-0.39, 0.29) is 29.7 Å². The Kier molecular flexibility index (Phi) is 4.66. The van der Waals surface area contributed by atoms with Crippen LogP contribution >= 0.6 is 0 Å². The molecule has 1 fully saturated rings. The average molecular weight is 276 g/mol. The van der Waals surface area contributed by atoms with E-state index in [0.717, 1.165) is 19.3 Å². The molecule has 4 heteroatoms. The average Bonchev–Trinajstić information content (AvgIpc) is 2.36. The summed E-state index contributed by atoms with van der Waals surface area (Å²) in [6.45, 7) is 1.92. The SMILES string of the molecule is CCOC(=O)/C(=C/c1ccc(F)cc1)C(=O)C1CCC1. The molecule has 0 unspecified atom stereocenters. The predicted molar refractivity (Wildman–Crippen MR) is 73.4 cm³/mol. The number of ketones is 1. The molecule has 106 valence electrons. The number of Topliss-reactive ketones (excluding diaryl/α,β-unsaturated/α-hetero) is 1. The van der Waals surface area contributed by atoms with Crippen molar-refractivity contribution in [2.75, 3.05) is 6.61 Å². The standard InChI is InChI=1S/C16H17FO3/c1-2-20-16(19)14(15(18)12-4-3-5-12)10-11-6-8-13(17)9-7-11/h6-10,12H,2-5H2,1H3/b14-10+. The van der Waals surface area contributed by atoms with Crippen LogP contribution in [0.3, 0.4) is 0 Å². The summed E-state index contributed by atoms with van der Waals surface area (Å²) >= 11 is 0.